The van der Waals surface area contributed by atoms with Gasteiger partial charge < -0.3 is 15.7 Å². The number of aryl methyl sites for hydroxylation is 1. The van der Waals surface area contributed by atoms with Crippen LogP contribution in [0.1, 0.15) is 24.0 Å². The highest BCUT2D eigenvalue weighted by Gasteiger charge is 1.99. The fourth-order valence-electron chi connectivity index (χ4n) is 1.47. The molecule has 0 heterocycles. The number of hydrogen-bond donors (Lipinski definition) is 3. The van der Waals surface area contributed by atoms with E-state index in [4.69, 9.17) is 5.11 Å². The van der Waals surface area contributed by atoms with Gasteiger partial charge in [0.2, 0.25) is 0 Å². The van der Waals surface area contributed by atoms with E-state index in [1.165, 1.54) is 0 Å². The minimum absolute atomic E-state index is 0.0549. The highest BCUT2D eigenvalue weighted by Crippen LogP contribution is 2.07. The molecule has 1 aromatic carbocycles. The van der Waals surface area contributed by atoms with Crippen LogP contribution in [0.4, 0.5) is 4.79 Å². The largest absolute Gasteiger partial charge is 0.481 e. The Morgan fingerprint density at radius 3 is 2.74 bits per heavy atom. The minimum atomic E-state index is -0.860. The lowest BCUT2D eigenvalue weighted by molar-refractivity contribution is -0.137. The van der Waals surface area contributed by atoms with Gasteiger partial charge in [0, 0.05) is 19.2 Å². The highest BCUT2D eigenvalue weighted by molar-refractivity contribution is 5.76. The van der Waals surface area contributed by atoms with E-state index in [9.17, 15) is 9.59 Å². The van der Waals surface area contributed by atoms with E-state index in [0.717, 1.165) is 11.1 Å². The molecular formula is C14H18N2O3. The van der Waals surface area contributed by atoms with Crippen molar-refractivity contribution < 1.29 is 14.7 Å². The zero-order chi connectivity index (χ0) is 14.1. The van der Waals surface area contributed by atoms with Crippen molar-refractivity contribution in [3.63, 3.8) is 0 Å². The molecule has 2 amide bonds. The molecule has 19 heavy (non-hydrogen) atoms. The SMILES string of the molecule is Cc1ccccc1/C=C/NC(=O)NCCCC(=O)O. The summed E-state index contributed by atoms with van der Waals surface area (Å²) in [6.45, 7) is 2.34. The van der Waals surface area contributed by atoms with Crippen molar-refractivity contribution in [2.24, 2.45) is 0 Å². The molecule has 0 bridgehead atoms. The summed E-state index contributed by atoms with van der Waals surface area (Å²) in [6.07, 6.45) is 3.85. The third-order valence-corrected chi connectivity index (χ3v) is 2.52. The smallest absolute Gasteiger partial charge is 0.318 e. The summed E-state index contributed by atoms with van der Waals surface area (Å²) in [5.41, 5.74) is 2.16. The summed E-state index contributed by atoms with van der Waals surface area (Å²) in [7, 11) is 0. The maximum absolute atomic E-state index is 11.3. The van der Waals surface area contributed by atoms with Gasteiger partial charge in [-0.1, -0.05) is 24.3 Å². The minimum Gasteiger partial charge on any atom is -0.481 e. The molecule has 1 rings (SSSR count). The van der Waals surface area contributed by atoms with Crippen LogP contribution in [0.3, 0.4) is 0 Å². The molecule has 0 fully saturated rings. The number of nitrogens with one attached hydrogen (secondary N) is 2. The molecule has 0 aliphatic carbocycles. The van der Waals surface area contributed by atoms with Crippen molar-refractivity contribution in [2.75, 3.05) is 6.54 Å². The summed E-state index contributed by atoms with van der Waals surface area (Å²) in [6, 6.07) is 7.49. The van der Waals surface area contributed by atoms with Crippen molar-refractivity contribution >= 4 is 18.1 Å². The van der Waals surface area contributed by atoms with Gasteiger partial charge in [-0.2, -0.15) is 0 Å². The monoisotopic (exact) mass is 262 g/mol. The van der Waals surface area contributed by atoms with Crippen LogP contribution in [0.15, 0.2) is 30.5 Å². The van der Waals surface area contributed by atoms with Crippen LogP contribution in [-0.2, 0) is 4.79 Å². The first-order chi connectivity index (χ1) is 9.09. The molecule has 0 aromatic heterocycles. The molecule has 5 nitrogen and oxygen atoms in total. The molecule has 0 radical (unpaired) electrons. The van der Waals surface area contributed by atoms with E-state index >= 15 is 0 Å². The van der Waals surface area contributed by atoms with Crippen LogP contribution in [0.25, 0.3) is 6.08 Å². The van der Waals surface area contributed by atoms with E-state index in [1.54, 1.807) is 6.20 Å². The van der Waals surface area contributed by atoms with E-state index in [1.807, 2.05) is 37.3 Å². The van der Waals surface area contributed by atoms with Gasteiger partial charge in [0.25, 0.3) is 0 Å². The zero-order valence-corrected chi connectivity index (χ0v) is 10.8. The van der Waals surface area contributed by atoms with Crippen LogP contribution in [0, 0.1) is 6.92 Å². The lowest BCUT2D eigenvalue weighted by atomic mass is 10.1. The predicted molar refractivity (Wildman–Crippen MR) is 73.6 cm³/mol. The first kappa shape index (κ1) is 14.8. The van der Waals surface area contributed by atoms with Crippen LogP contribution >= 0.6 is 0 Å². The summed E-state index contributed by atoms with van der Waals surface area (Å²) < 4.78 is 0. The number of aliphatic carboxylic acids is 1. The highest BCUT2D eigenvalue weighted by atomic mass is 16.4. The van der Waals surface area contributed by atoms with Gasteiger partial charge in [0.05, 0.1) is 0 Å². The molecular weight excluding hydrogens is 244 g/mol. The second-order valence-corrected chi connectivity index (χ2v) is 4.09. The molecule has 0 spiro atoms. The van der Waals surface area contributed by atoms with Crippen molar-refractivity contribution in [3.05, 3.63) is 41.6 Å². The van der Waals surface area contributed by atoms with E-state index < -0.39 is 5.97 Å². The molecule has 0 aliphatic rings. The Bertz CT molecular complexity index is 470. The summed E-state index contributed by atoms with van der Waals surface area (Å²) >= 11 is 0. The van der Waals surface area contributed by atoms with E-state index in [-0.39, 0.29) is 12.5 Å². The molecule has 0 unspecified atom stereocenters. The van der Waals surface area contributed by atoms with Crippen LogP contribution in [-0.4, -0.2) is 23.7 Å². The van der Waals surface area contributed by atoms with Gasteiger partial charge in [-0.3, -0.25) is 4.79 Å². The van der Waals surface area contributed by atoms with Gasteiger partial charge in [-0.25, -0.2) is 4.79 Å². The Labute approximate surface area is 112 Å². The zero-order valence-electron chi connectivity index (χ0n) is 10.8. The van der Waals surface area contributed by atoms with Gasteiger partial charge >= 0.3 is 12.0 Å². The number of amides is 2. The Balaban J connectivity index is 2.27. The van der Waals surface area contributed by atoms with E-state index in [0.29, 0.717) is 13.0 Å². The lowest BCUT2D eigenvalue weighted by Gasteiger charge is -2.03. The van der Waals surface area contributed by atoms with Gasteiger partial charge in [0.15, 0.2) is 0 Å². The number of carboxylic acid groups (broad SMARTS) is 1. The Hall–Kier alpha value is -2.30. The number of carbonyl (C=O) groups excluding carboxylic acids is 1. The van der Waals surface area contributed by atoms with Crippen molar-refractivity contribution in [1.29, 1.82) is 0 Å². The summed E-state index contributed by atoms with van der Waals surface area (Å²) in [5.74, 6) is -0.860. The van der Waals surface area contributed by atoms with Crippen LogP contribution < -0.4 is 10.6 Å². The average molecular weight is 262 g/mol. The van der Waals surface area contributed by atoms with Gasteiger partial charge in [-0.15, -0.1) is 0 Å². The molecule has 3 N–H and O–H groups in total. The van der Waals surface area contributed by atoms with Crippen molar-refractivity contribution in [1.82, 2.24) is 10.6 Å². The number of benzene rings is 1. The maximum atomic E-state index is 11.3. The van der Waals surface area contributed by atoms with Crippen LogP contribution in [0.5, 0.6) is 0 Å². The van der Waals surface area contributed by atoms with Crippen molar-refractivity contribution in [3.8, 4) is 0 Å². The molecule has 0 saturated carbocycles. The molecule has 0 aliphatic heterocycles. The number of hydrogen-bond acceptors (Lipinski definition) is 2. The third kappa shape index (κ3) is 6.26. The van der Waals surface area contributed by atoms with Crippen molar-refractivity contribution in [2.45, 2.75) is 19.8 Å². The maximum Gasteiger partial charge on any atom is 0.318 e. The standard InChI is InChI=1S/C14H18N2O3/c1-11-5-2-3-6-12(11)8-10-16-14(19)15-9-4-7-13(17)18/h2-3,5-6,8,10H,4,7,9H2,1H3,(H,17,18)(H2,15,16,19)/b10-8+. The predicted octanol–water partition coefficient (Wildman–Crippen LogP) is 2.13. The average Bonchev–Trinajstić information content (AvgIpc) is 2.37. The topological polar surface area (TPSA) is 78.4 Å². The van der Waals surface area contributed by atoms with Gasteiger partial charge in [0.1, 0.15) is 0 Å². The lowest BCUT2D eigenvalue weighted by Crippen LogP contribution is -2.32. The molecule has 1 aromatic rings. The number of carbonyl (C=O) groups is 2. The first-order valence-corrected chi connectivity index (χ1v) is 6.08. The Kier molecular flexibility index (Phi) is 6.15. The number of carboxylic acids is 1. The second-order valence-electron chi connectivity index (χ2n) is 4.09. The normalized spacial score (nSPS) is 10.4. The first-order valence-electron chi connectivity index (χ1n) is 6.08. The number of urea groups is 1. The van der Waals surface area contributed by atoms with Crippen LogP contribution in [0.2, 0.25) is 0 Å². The Morgan fingerprint density at radius 2 is 2.05 bits per heavy atom. The second kappa shape index (κ2) is 7.92. The fraction of sp³-hybridized carbons (Fsp3) is 0.286. The summed E-state index contributed by atoms with van der Waals surface area (Å²) in [4.78, 5) is 21.6. The van der Waals surface area contributed by atoms with Gasteiger partial charge in [-0.05, 0) is 30.5 Å². The molecule has 0 saturated heterocycles. The summed E-state index contributed by atoms with van der Waals surface area (Å²) in [5, 5.41) is 13.6. The van der Waals surface area contributed by atoms with E-state index in [2.05, 4.69) is 10.6 Å². The molecule has 0 atom stereocenters. The Morgan fingerprint density at radius 1 is 1.32 bits per heavy atom. The fourth-order valence-corrected chi connectivity index (χ4v) is 1.47. The number of rotatable bonds is 6. The quantitative estimate of drug-likeness (QED) is 0.687. The molecule has 5 heteroatoms. The third-order valence-electron chi connectivity index (χ3n) is 2.52. The molecule has 102 valence electrons.